The SMILES string of the molecule is CCOc1cccnc1Nc1ccc2c(c1)C(CCO)(NC#N)c1cc(OC)cc(F)c1O2. The van der Waals surface area contributed by atoms with Gasteiger partial charge in [0.2, 0.25) is 0 Å². The Bertz CT molecular complexity index is 1210. The molecule has 0 radical (unpaired) electrons. The number of fused-ring (bicyclic) bond motifs is 2. The van der Waals surface area contributed by atoms with Crippen molar-refractivity contribution in [2.45, 2.75) is 18.9 Å². The third-order valence-corrected chi connectivity index (χ3v) is 5.45. The number of aromatic nitrogens is 1. The summed E-state index contributed by atoms with van der Waals surface area (Å²) in [5, 5.41) is 25.5. The van der Waals surface area contributed by atoms with Gasteiger partial charge in [0.25, 0.3) is 0 Å². The summed E-state index contributed by atoms with van der Waals surface area (Å²) in [6.07, 6.45) is 3.70. The Morgan fingerprint density at radius 2 is 2.09 bits per heavy atom. The maximum Gasteiger partial charge on any atom is 0.177 e. The Labute approximate surface area is 190 Å². The van der Waals surface area contributed by atoms with Crippen molar-refractivity contribution in [1.82, 2.24) is 10.3 Å². The number of benzene rings is 2. The van der Waals surface area contributed by atoms with Gasteiger partial charge in [-0.25, -0.2) is 9.37 Å². The molecule has 170 valence electrons. The minimum Gasteiger partial charge on any atom is -0.497 e. The largest absolute Gasteiger partial charge is 0.497 e. The molecule has 1 atom stereocenters. The van der Waals surface area contributed by atoms with E-state index in [1.807, 2.05) is 13.1 Å². The minimum absolute atomic E-state index is 0.0245. The molecule has 9 heteroatoms. The number of nitriles is 1. The first-order chi connectivity index (χ1) is 16.1. The molecule has 2 aromatic carbocycles. The number of rotatable bonds is 8. The van der Waals surface area contributed by atoms with Crippen LogP contribution in [0.1, 0.15) is 24.5 Å². The van der Waals surface area contributed by atoms with Crippen LogP contribution < -0.4 is 24.8 Å². The van der Waals surface area contributed by atoms with E-state index in [4.69, 9.17) is 14.2 Å². The van der Waals surface area contributed by atoms with Crippen LogP contribution in [0.3, 0.4) is 0 Å². The Kier molecular flexibility index (Phi) is 6.20. The normalized spacial score (nSPS) is 16.0. The maximum absolute atomic E-state index is 14.9. The van der Waals surface area contributed by atoms with Gasteiger partial charge in [-0.3, -0.25) is 0 Å². The van der Waals surface area contributed by atoms with Crippen molar-refractivity contribution >= 4 is 11.5 Å². The van der Waals surface area contributed by atoms with E-state index in [0.29, 0.717) is 40.7 Å². The van der Waals surface area contributed by atoms with Gasteiger partial charge in [-0.15, -0.1) is 0 Å². The van der Waals surface area contributed by atoms with Crippen molar-refractivity contribution in [3.63, 3.8) is 0 Å². The quantitative estimate of drug-likeness (QED) is 0.347. The highest BCUT2D eigenvalue weighted by Gasteiger charge is 2.44. The summed E-state index contributed by atoms with van der Waals surface area (Å²) in [4.78, 5) is 4.34. The molecule has 0 saturated carbocycles. The average Bonchev–Trinajstić information content (AvgIpc) is 2.82. The van der Waals surface area contributed by atoms with E-state index >= 15 is 0 Å². The number of methoxy groups -OCH3 is 1. The molecule has 1 aliphatic heterocycles. The zero-order chi connectivity index (χ0) is 23.4. The van der Waals surface area contributed by atoms with Crippen LogP contribution in [0, 0.1) is 17.3 Å². The number of pyridine rings is 1. The average molecular weight is 450 g/mol. The Morgan fingerprint density at radius 1 is 1.24 bits per heavy atom. The molecule has 0 fully saturated rings. The molecule has 0 aliphatic carbocycles. The van der Waals surface area contributed by atoms with Gasteiger partial charge in [0.15, 0.2) is 29.3 Å². The van der Waals surface area contributed by atoms with Crippen molar-refractivity contribution in [2.75, 3.05) is 25.6 Å². The molecule has 0 bridgehead atoms. The van der Waals surface area contributed by atoms with E-state index in [9.17, 15) is 14.8 Å². The van der Waals surface area contributed by atoms with E-state index in [1.165, 1.54) is 13.2 Å². The number of aliphatic hydroxyl groups excluding tert-OH is 1. The molecule has 33 heavy (non-hydrogen) atoms. The second-order valence-electron chi connectivity index (χ2n) is 7.32. The predicted molar refractivity (Wildman–Crippen MR) is 119 cm³/mol. The zero-order valence-electron chi connectivity index (χ0n) is 18.2. The molecule has 3 aromatic rings. The lowest BCUT2D eigenvalue weighted by Crippen LogP contribution is -2.44. The number of nitrogens with zero attached hydrogens (tertiary/aromatic N) is 2. The fraction of sp³-hybridized carbons (Fsp3) is 0.250. The molecule has 1 unspecified atom stereocenters. The summed E-state index contributed by atoms with van der Waals surface area (Å²) in [6, 6.07) is 11.6. The van der Waals surface area contributed by atoms with E-state index in [0.717, 1.165) is 0 Å². The molecule has 4 rings (SSSR count). The number of hydrogen-bond acceptors (Lipinski definition) is 8. The van der Waals surface area contributed by atoms with Gasteiger partial charge in [0.1, 0.15) is 17.0 Å². The summed E-state index contributed by atoms with van der Waals surface area (Å²) >= 11 is 0. The van der Waals surface area contributed by atoms with Crippen molar-refractivity contribution in [1.29, 1.82) is 5.26 Å². The topological polar surface area (TPSA) is 109 Å². The first-order valence-corrected chi connectivity index (χ1v) is 10.4. The third kappa shape index (κ3) is 3.97. The van der Waals surface area contributed by atoms with Gasteiger partial charge in [-0.1, -0.05) is 0 Å². The van der Waals surface area contributed by atoms with Gasteiger partial charge in [-0.2, -0.15) is 5.26 Å². The fourth-order valence-electron chi connectivity index (χ4n) is 4.02. The molecule has 8 nitrogen and oxygen atoms in total. The molecule has 0 saturated heterocycles. The summed E-state index contributed by atoms with van der Waals surface area (Å²) in [6.45, 7) is 2.10. The van der Waals surface area contributed by atoms with Crippen molar-refractivity contribution in [2.24, 2.45) is 0 Å². The number of ether oxygens (including phenoxy) is 3. The summed E-state index contributed by atoms with van der Waals surface area (Å²) in [5.74, 6) is 1.08. The van der Waals surface area contributed by atoms with E-state index in [-0.39, 0.29) is 24.5 Å². The smallest absolute Gasteiger partial charge is 0.177 e. The van der Waals surface area contributed by atoms with E-state index < -0.39 is 11.4 Å². The van der Waals surface area contributed by atoms with Crippen LogP contribution in [-0.2, 0) is 5.54 Å². The lowest BCUT2D eigenvalue weighted by molar-refractivity contribution is 0.232. The van der Waals surface area contributed by atoms with E-state index in [1.54, 1.807) is 42.6 Å². The summed E-state index contributed by atoms with van der Waals surface area (Å²) < 4.78 is 31.7. The van der Waals surface area contributed by atoms with Crippen LogP contribution in [0.2, 0.25) is 0 Å². The molecular weight excluding hydrogens is 427 g/mol. The predicted octanol–water partition coefficient (Wildman–Crippen LogP) is 4.17. The molecular formula is C24H23FN4O4. The second-order valence-corrected chi connectivity index (χ2v) is 7.32. The molecule has 2 heterocycles. The molecule has 1 aromatic heterocycles. The van der Waals surface area contributed by atoms with Gasteiger partial charge in [0.05, 0.1) is 13.7 Å². The Hall–Kier alpha value is -4.03. The number of nitrogens with one attached hydrogen (secondary N) is 2. The molecule has 0 amide bonds. The minimum atomic E-state index is -1.24. The van der Waals surface area contributed by atoms with Gasteiger partial charge >= 0.3 is 0 Å². The highest BCUT2D eigenvalue weighted by atomic mass is 19.1. The highest BCUT2D eigenvalue weighted by Crippen LogP contribution is 2.51. The number of anilines is 2. The van der Waals surface area contributed by atoms with Crippen LogP contribution in [-0.4, -0.2) is 30.4 Å². The molecule has 0 spiro atoms. The molecule has 1 aliphatic rings. The highest BCUT2D eigenvalue weighted by molar-refractivity contribution is 5.68. The van der Waals surface area contributed by atoms with Crippen LogP contribution in [0.4, 0.5) is 15.9 Å². The maximum atomic E-state index is 14.9. The first kappa shape index (κ1) is 22.2. The Morgan fingerprint density at radius 3 is 2.82 bits per heavy atom. The third-order valence-electron chi connectivity index (χ3n) is 5.45. The summed E-state index contributed by atoms with van der Waals surface area (Å²) in [7, 11) is 1.43. The number of hydrogen-bond donors (Lipinski definition) is 3. The van der Waals surface area contributed by atoms with E-state index in [2.05, 4.69) is 15.6 Å². The van der Waals surface area contributed by atoms with Crippen LogP contribution >= 0.6 is 0 Å². The van der Waals surface area contributed by atoms with Crippen LogP contribution in [0.5, 0.6) is 23.0 Å². The lowest BCUT2D eigenvalue weighted by atomic mass is 9.77. The zero-order valence-corrected chi connectivity index (χ0v) is 18.2. The number of halogens is 1. The van der Waals surface area contributed by atoms with Gasteiger partial charge < -0.3 is 30.0 Å². The van der Waals surface area contributed by atoms with Gasteiger partial charge in [0, 0.05) is 42.1 Å². The molecule has 3 N–H and O–H groups in total. The Balaban J connectivity index is 1.86. The monoisotopic (exact) mass is 450 g/mol. The second kappa shape index (κ2) is 9.22. The number of aliphatic hydroxyl groups is 1. The van der Waals surface area contributed by atoms with Crippen molar-refractivity contribution in [3.8, 4) is 29.2 Å². The van der Waals surface area contributed by atoms with Crippen LogP contribution in [0.25, 0.3) is 0 Å². The summed E-state index contributed by atoms with van der Waals surface area (Å²) in [5.41, 5.74) is 0.308. The van der Waals surface area contributed by atoms with Crippen LogP contribution in [0.15, 0.2) is 48.7 Å². The van der Waals surface area contributed by atoms with Crippen molar-refractivity contribution < 1.29 is 23.7 Å². The van der Waals surface area contributed by atoms with Crippen molar-refractivity contribution in [3.05, 3.63) is 65.6 Å². The standard InChI is InChI=1S/C24H23FN4O4/c1-3-32-21-5-4-9-27-23(21)29-15-6-7-20-17(11-15)24(8-10-30,28-14-26)18-12-16(31-2)13-19(25)22(18)33-20/h4-7,9,11-13,28,30H,3,8,10H2,1-2H3,(H,27,29). The lowest BCUT2D eigenvalue weighted by Gasteiger charge is -2.39. The van der Waals surface area contributed by atoms with Gasteiger partial charge in [-0.05, 0) is 43.3 Å². The first-order valence-electron chi connectivity index (χ1n) is 10.4. The fourth-order valence-corrected chi connectivity index (χ4v) is 4.02.